The molecule has 0 atom stereocenters. The second-order valence-electron chi connectivity index (χ2n) is 5.28. The summed E-state index contributed by atoms with van der Waals surface area (Å²) in [4.78, 5) is 24.4. The Kier molecular flexibility index (Phi) is 6.97. The molecule has 0 saturated heterocycles. The number of aromatic nitrogens is 2. The van der Waals surface area contributed by atoms with Crippen molar-refractivity contribution in [2.24, 2.45) is 7.05 Å². The Morgan fingerprint density at radius 3 is 2.76 bits per heavy atom. The number of amides is 2. The Morgan fingerprint density at radius 1 is 1.28 bits per heavy atom. The highest BCUT2D eigenvalue weighted by atomic mass is 35.5. The molecule has 0 aliphatic rings. The van der Waals surface area contributed by atoms with Gasteiger partial charge in [0.15, 0.2) is 5.69 Å². The normalized spacial score (nSPS) is 10.5. The number of anilines is 1. The van der Waals surface area contributed by atoms with Crippen LogP contribution in [0.5, 0.6) is 0 Å². The van der Waals surface area contributed by atoms with Gasteiger partial charge in [0.2, 0.25) is 0 Å². The van der Waals surface area contributed by atoms with E-state index in [-0.39, 0.29) is 17.5 Å². The minimum Gasteiger partial charge on any atom is -0.382 e. The summed E-state index contributed by atoms with van der Waals surface area (Å²) in [5.41, 5.74) is 0.584. The molecule has 2 amide bonds. The van der Waals surface area contributed by atoms with Gasteiger partial charge in [-0.1, -0.05) is 23.7 Å². The number of aryl methyl sites for hydroxylation is 1. The van der Waals surface area contributed by atoms with E-state index in [9.17, 15) is 9.59 Å². The molecule has 0 bridgehead atoms. The summed E-state index contributed by atoms with van der Waals surface area (Å²) in [7, 11) is 1.65. The van der Waals surface area contributed by atoms with Gasteiger partial charge in [-0.3, -0.25) is 14.3 Å². The van der Waals surface area contributed by atoms with E-state index in [1.165, 1.54) is 10.7 Å². The third kappa shape index (κ3) is 5.30. The first-order valence-corrected chi connectivity index (χ1v) is 8.36. The van der Waals surface area contributed by atoms with Crippen LogP contribution in [-0.4, -0.2) is 41.4 Å². The number of hydrogen-bond acceptors (Lipinski definition) is 4. The predicted molar refractivity (Wildman–Crippen MR) is 96.1 cm³/mol. The molecular weight excluding hydrogens is 344 g/mol. The van der Waals surface area contributed by atoms with Crippen molar-refractivity contribution in [2.75, 3.05) is 25.1 Å². The molecule has 0 fully saturated rings. The lowest BCUT2D eigenvalue weighted by atomic mass is 10.2. The lowest BCUT2D eigenvalue weighted by Gasteiger charge is -2.06. The van der Waals surface area contributed by atoms with Crippen molar-refractivity contribution in [3.8, 4) is 0 Å². The third-order valence-corrected chi connectivity index (χ3v) is 3.76. The molecule has 134 valence electrons. The molecule has 2 N–H and O–H groups in total. The number of nitrogens with one attached hydrogen (secondary N) is 2. The predicted octanol–water partition coefficient (Wildman–Crippen LogP) is 2.48. The molecule has 0 aliphatic heterocycles. The number of carbonyl (C=O) groups is 2. The van der Waals surface area contributed by atoms with Crippen LogP contribution in [0.4, 0.5) is 5.82 Å². The first kappa shape index (κ1) is 19.0. The maximum atomic E-state index is 12.3. The Bertz CT molecular complexity index is 745. The number of hydrogen-bond donors (Lipinski definition) is 2. The number of ether oxygens (including phenoxy) is 1. The van der Waals surface area contributed by atoms with Crippen LogP contribution in [0.2, 0.25) is 5.02 Å². The summed E-state index contributed by atoms with van der Waals surface area (Å²) in [6.45, 7) is 3.67. The molecule has 0 saturated carbocycles. The van der Waals surface area contributed by atoms with Crippen molar-refractivity contribution in [3.63, 3.8) is 0 Å². The van der Waals surface area contributed by atoms with Crippen molar-refractivity contribution < 1.29 is 14.3 Å². The van der Waals surface area contributed by atoms with E-state index in [2.05, 4.69) is 15.7 Å². The lowest BCUT2D eigenvalue weighted by molar-refractivity contribution is 0.0937. The molecular formula is C17H21ClN4O3. The minimum atomic E-state index is -0.364. The molecule has 0 spiro atoms. The van der Waals surface area contributed by atoms with Crippen LogP contribution in [0, 0.1) is 0 Å². The van der Waals surface area contributed by atoms with Gasteiger partial charge in [0, 0.05) is 32.9 Å². The molecule has 8 heteroatoms. The average molecular weight is 365 g/mol. The Hall–Kier alpha value is -2.38. The molecule has 2 aromatic rings. The molecule has 0 aliphatic carbocycles. The SMILES string of the molecule is CCOCCCNC(=O)c1cc(NC(=O)c2ccccc2Cl)n(C)n1. The number of rotatable bonds is 8. The first-order valence-electron chi connectivity index (χ1n) is 7.98. The molecule has 0 unspecified atom stereocenters. The van der Waals surface area contributed by atoms with Crippen molar-refractivity contribution in [3.05, 3.63) is 46.6 Å². The fourth-order valence-corrected chi connectivity index (χ4v) is 2.36. The summed E-state index contributed by atoms with van der Waals surface area (Å²) in [5.74, 6) is -0.257. The van der Waals surface area contributed by atoms with Crippen molar-refractivity contribution in [1.82, 2.24) is 15.1 Å². The number of halogens is 1. The lowest BCUT2D eigenvalue weighted by Crippen LogP contribution is -2.25. The van der Waals surface area contributed by atoms with E-state index in [1.54, 1.807) is 31.3 Å². The average Bonchev–Trinajstić information content (AvgIpc) is 2.95. The van der Waals surface area contributed by atoms with Gasteiger partial charge in [-0.15, -0.1) is 0 Å². The van der Waals surface area contributed by atoms with E-state index in [0.717, 1.165) is 6.42 Å². The second-order valence-corrected chi connectivity index (χ2v) is 5.69. The maximum absolute atomic E-state index is 12.3. The van der Waals surface area contributed by atoms with Gasteiger partial charge >= 0.3 is 0 Å². The molecule has 0 radical (unpaired) electrons. The van der Waals surface area contributed by atoms with Crippen LogP contribution < -0.4 is 10.6 Å². The second kappa shape index (κ2) is 9.19. The fraction of sp³-hybridized carbons (Fsp3) is 0.353. The molecule has 1 aromatic heterocycles. The summed E-state index contributed by atoms with van der Waals surface area (Å²) in [5, 5.41) is 9.94. The van der Waals surface area contributed by atoms with E-state index < -0.39 is 0 Å². The van der Waals surface area contributed by atoms with E-state index in [0.29, 0.717) is 36.2 Å². The Morgan fingerprint density at radius 2 is 2.04 bits per heavy atom. The number of carbonyl (C=O) groups excluding carboxylic acids is 2. The van der Waals surface area contributed by atoms with Gasteiger partial charge in [-0.2, -0.15) is 5.10 Å². The van der Waals surface area contributed by atoms with Crippen LogP contribution in [0.15, 0.2) is 30.3 Å². The largest absolute Gasteiger partial charge is 0.382 e. The topological polar surface area (TPSA) is 85.3 Å². The van der Waals surface area contributed by atoms with E-state index >= 15 is 0 Å². The van der Waals surface area contributed by atoms with Crippen LogP contribution in [0.1, 0.15) is 34.2 Å². The molecule has 7 nitrogen and oxygen atoms in total. The standard InChI is InChI=1S/C17H21ClN4O3/c1-3-25-10-6-9-19-17(24)14-11-15(22(2)21-14)20-16(23)12-7-4-5-8-13(12)18/h4-5,7-8,11H,3,6,9-10H2,1-2H3,(H,19,24)(H,20,23). The summed E-state index contributed by atoms with van der Waals surface area (Å²) in [6, 6.07) is 8.26. The highest BCUT2D eigenvalue weighted by Gasteiger charge is 2.16. The Labute approximate surface area is 151 Å². The molecule has 2 rings (SSSR count). The highest BCUT2D eigenvalue weighted by molar-refractivity contribution is 6.34. The monoisotopic (exact) mass is 364 g/mol. The van der Waals surface area contributed by atoms with Crippen LogP contribution in [0.3, 0.4) is 0 Å². The van der Waals surface area contributed by atoms with Gasteiger partial charge in [-0.05, 0) is 25.5 Å². The quantitative estimate of drug-likeness (QED) is 0.705. The number of nitrogens with zero attached hydrogens (tertiary/aromatic N) is 2. The zero-order valence-electron chi connectivity index (χ0n) is 14.2. The summed E-state index contributed by atoms with van der Waals surface area (Å²) < 4.78 is 6.64. The van der Waals surface area contributed by atoms with E-state index in [1.807, 2.05) is 6.92 Å². The third-order valence-electron chi connectivity index (χ3n) is 3.43. The van der Waals surface area contributed by atoms with Crippen LogP contribution >= 0.6 is 11.6 Å². The van der Waals surface area contributed by atoms with Crippen LogP contribution in [-0.2, 0) is 11.8 Å². The van der Waals surface area contributed by atoms with Crippen LogP contribution in [0.25, 0.3) is 0 Å². The van der Waals surface area contributed by atoms with Gasteiger partial charge in [0.1, 0.15) is 5.82 Å². The fourth-order valence-electron chi connectivity index (χ4n) is 2.14. The molecule has 1 aromatic carbocycles. The van der Waals surface area contributed by atoms with Gasteiger partial charge in [-0.25, -0.2) is 0 Å². The van der Waals surface area contributed by atoms with Crippen molar-refractivity contribution >= 4 is 29.2 Å². The van der Waals surface area contributed by atoms with E-state index in [4.69, 9.17) is 16.3 Å². The summed E-state index contributed by atoms with van der Waals surface area (Å²) >= 11 is 6.02. The Balaban J connectivity index is 1.96. The van der Waals surface area contributed by atoms with Gasteiger partial charge in [0.05, 0.1) is 10.6 Å². The molecule has 1 heterocycles. The smallest absolute Gasteiger partial charge is 0.271 e. The zero-order chi connectivity index (χ0) is 18.2. The minimum absolute atomic E-state index is 0.230. The van der Waals surface area contributed by atoms with Crippen molar-refractivity contribution in [2.45, 2.75) is 13.3 Å². The number of benzene rings is 1. The highest BCUT2D eigenvalue weighted by Crippen LogP contribution is 2.17. The zero-order valence-corrected chi connectivity index (χ0v) is 15.0. The maximum Gasteiger partial charge on any atom is 0.271 e. The van der Waals surface area contributed by atoms with Gasteiger partial charge < -0.3 is 15.4 Å². The van der Waals surface area contributed by atoms with Gasteiger partial charge in [0.25, 0.3) is 11.8 Å². The first-order chi connectivity index (χ1) is 12.0. The molecule has 25 heavy (non-hydrogen) atoms. The van der Waals surface area contributed by atoms with Crippen molar-refractivity contribution in [1.29, 1.82) is 0 Å². The summed E-state index contributed by atoms with van der Waals surface area (Å²) in [6.07, 6.45) is 0.725.